The van der Waals surface area contributed by atoms with Crippen molar-refractivity contribution in [1.82, 2.24) is 19.2 Å². The van der Waals surface area contributed by atoms with Gasteiger partial charge in [-0.15, -0.1) is 0 Å². The third kappa shape index (κ3) is 3.61. The minimum absolute atomic E-state index is 0.295. The van der Waals surface area contributed by atoms with E-state index in [1.807, 2.05) is 4.90 Å². The smallest absolute Gasteiger partial charge is 0.351 e. The summed E-state index contributed by atoms with van der Waals surface area (Å²) in [4.78, 5) is 41.6. The van der Waals surface area contributed by atoms with Crippen molar-refractivity contribution in [2.24, 2.45) is 7.05 Å². The number of halogens is 1. The van der Waals surface area contributed by atoms with Crippen molar-refractivity contribution in [3.05, 3.63) is 86.9 Å². The standard InChI is InChI=1S/C21H20FN5O3/c1-24-19(28)18(23-27(21(24)30)17-5-3-2-4-6-17)20(29)26-13-11-25(12-14-26)16-9-7-15(22)8-10-16/h2-10H,11-14H2,1H3. The van der Waals surface area contributed by atoms with Gasteiger partial charge in [-0.2, -0.15) is 9.78 Å². The molecule has 0 unspecified atom stereocenters. The predicted octanol–water partition coefficient (Wildman–Crippen LogP) is 1.03. The first-order valence-corrected chi connectivity index (χ1v) is 9.51. The Labute approximate surface area is 171 Å². The molecular weight excluding hydrogens is 389 g/mol. The second-order valence-corrected chi connectivity index (χ2v) is 7.00. The first-order valence-electron chi connectivity index (χ1n) is 9.51. The Morgan fingerprint density at radius 3 is 2.17 bits per heavy atom. The number of nitrogens with zero attached hydrogens (tertiary/aromatic N) is 5. The molecule has 9 heteroatoms. The van der Waals surface area contributed by atoms with Crippen LogP contribution in [0.3, 0.4) is 0 Å². The largest absolute Gasteiger partial charge is 0.368 e. The van der Waals surface area contributed by atoms with Gasteiger partial charge < -0.3 is 9.80 Å². The number of carbonyl (C=O) groups is 1. The zero-order chi connectivity index (χ0) is 21.3. The van der Waals surface area contributed by atoms with Gasteiger partial charge in [-0.1, -0.05) is 18.2 Å². The topological polar surface area (TPSA) is 80.4 Å². The lowest BCUT2D eigenvalue weighted by Crippen LogP contribution is -2.51. The molecular formula is C21H20FN5O3. The minimum atomic E-state index is -0.724. The average molecular weight is 409 g/mol. The highest BCUT2D eigenvalue weighted by atomic mass is 19.1. The molecule has 1 aliphatic rings. The predicted molar refractivity (Wildman–Crippen MR) is 110 cm³/mol. The van der Waals surface area contributed by atoms with Gasteiger partial charge in [0.15, 0.2) is 0 Å². The molecule has 1 saturated heterocycles. The number of anilines is 1. The minimum Gasteiger partial charge on any atom is -0.368 e. The lowest BCUT2D eigenvalue weighted by atomic mass is 10.2. The number of piperazine rings is 1. The molecule has 3 aromatic rings. The summed E-state index contributed by atoms with van der Waals surface area (Å²) >= 11 is 0. The van der Waals surface area contributed by atoms with Crippen LogP contribution in [0.2, 0.25) is 0 Å². The van der Waals surface area contributed by atoms with Crippen molar-refractivity contribution in [3.63, 3.8) is 0 Å². The number of hydrogen-bond acceptors (Lipinski definition) is 5. The molecule has 0 spiro atoms. The van der Waals surface area contributed by atoms with Gasteiger partial charge in [0.25, 0.3) is 11.5 Å². The van der Waals surface area contributed by atoms with Gasteiger partial charge in [-0.05, 0) is 36.4 Å². The van der Waals surface area contributed by atoms with Crippen LogP contribution in [0.1, 0.15) is 10.5 Å². The first-order chi connectivity index (χ1) is 14.5. The van der Waals surface area contributed by atoms with Gasteiger partial charge in [-0.3, -0.25) is 14.2 Å². The number of benzene rings is 2. The monoisotopic (exact) mass is 409 g/mol. The van der Waals surface area contributed by atoms with Gasteiger partial charge in [0.05, 0.1) is 5.69 Å². The average Bonchev–Trinajstić information content (AvgIpc) is 2.78. The molecule has 4 rings (SSSR count). The zero-order valence-corrected chi connectivity index (χ0v) is 16.4. The maximum absolute atomic E-state index is 13.1. The van der Waals surface area contributed by atoms with Crippen molar-refractivity contribution < 1.29 is 9.18 Å². The summed E-state index contributed by atoms with van der Waals surface area (Å²) < 4.78 is 15.1. The lowest BCUT2D eigenvalue weighted by molar-refractivity contribution is 0.0735. The Balaban J connectivity index is 1.58. The van der Waals surface area contributed by atoms with E-state index >= 15 is 0 Å². The molecule has 0 bridgehead atoms. The van der Waals surface area contributed by atoms with Gasteiger partial charge >= 0.3 is 5.69 Å². The van der Waals surface area contributed by atoms with E-state index in [2.05, 4.69) is 5.10 Å². The van der Waals surface area contributed by atoms with Crippen LogP contribution in [0.4, 0.5) is 10.1 Å². The fourth-order valence-corrected chi connectivity index (χ4v) is 3.41. The van der Waals surface area contributed by atoms with Crippen LogP contribution in [0, 0.1) is 5.82 Å². The van der Waals surface area contributed by atoms with E-state index in [0.717, 1.165) is 14.9 Å². The summed E-state index contributed by atoms with van der Waals surface area (Å²) in [5.74, 6) is -0.818. The van der Waals surface area contributed by atoms with Crippen LogP contribution in [0.15, 0.2) is 64.2 Å². The molecule has 1 aromatic heterocycles. The molecule has 0 saturated carbocycles. The molecule has 0 atom stereocenters. The number of amides is 1. The normalized spacial score (nSPS) is 14.1. The second kappa shape index (κ2) is 7.94. The fraction of sp³-hybridized carbons (Fsp3) is 0.238. The molecule has 0 radical (unpaired) electrons. The Morgan fingerprint density at radius 1 is 0.900 bits per heavy atom. The number of rotatable bonds is 3. The quantitative estimate of drug-likeness (QED) is 0.646. The summed E-state index contributed by atoms with van der Waals surface area (Å²) in [6.07, 6.45) is 0. The molecule has 1 amide bonds. The molecule has 8 nitrogen and oxygen atoms in total. The SMILES string of the molecule is Cn1c(=O)c(C(=O)N2CCN(c3ccc(F)cc3)CC2)nn(-c2ccccc2)c1=O. The molecule has 2 heterocycles. The van der Waals surface area contributed by atoms with E-state index in [1.54, 1.807) is 47.4 Å². The van der Waals surface area contributed by atoms with Crippen molar-refractivity contribution in [2.45, 2.75) is 0 Å². The fourth-order valence-electron chi connectivity index (χ4n) is 3.41. The molecule has 154 valence electrons. The van der Waals surface area contributed by atoms with E-state index in [9.17, 15) is 18.8 Å². The van der Waals surface area contributed by atoms with Crippen LogP contribution >= 0.6 is 0 Å². The third-order valence-corrected chi connectivity index (χ3v) is 5.14. The summed E-state index contributed by atoms with van der Waals surface area (Å²) in [6, 6.07) is 14.8. The van der Waals surface area contributed by atoms with E-state index in [4.69, 9.17) is 0 Å². The van der Waals surface area contributed by atoms with Crippen LogP contribution in [0.25, 0.3) is 5.69 Å². The lowest BCUT2D eigenvalue weighted by Gasteiger charge is -2.35. The van der Waals surface area contributed by atoms with E-state index < -0.39 is 17.2 Å². The summed E-state index contributed by atoms with van der Waals surface area (Å²) in [7, 11) is 1.33. The Hall–Kier alpha value is -3.75. The van der Waals surface area contributed by atoms with Crippen molar-refractivity contribution >= 4 is 11.6 Å². The van der Waals surface area contributed by atoms with Crippen LogP contribution in [-0.2, 0) is 7.05 Å². The zero-order valence-electron chi connectivity index (χ0n) is 16.4. The molecule has 1 fully saturated rings. The molecule has 0 aliphatic carbocycles. The summed E-state index contributed by atoms with van der Waals surface area (Å²) in [5, 5.41) is 4.09. The highest BCUT2D eigenvalue weighted by Crippen LogP contribution is 2.17. The van der Waals surface area contributed by atoms with Crippen molar-refractivity contribution in [3.8, 4) is 5.69 Å². The van der Waals surface area contributed by atoms with Crippen LogP contribution in [-0.4, -0.2) is 51.3 Å². The number of hydrogen-bond donors (Lipinski definition) is 0. The number of para-hydroxylation sites is 1. The van der Waals surface area contributed by atoms with Gasteiger partial charge in [0, 0.05) is 38.9 Å². The number of carbonyl (C=O) groups excluding carboxylic acids is 1. The Bertz CT molecular complexity index is 1180. The van der Waals surface area contributed by atoms with Crippen molar-refractivity contribution in [1.29, 1.82) is 0 Å². The highest BCUT2D eigenvalue weighted by molar-refractivity contribution is 5.92. The van der Waals surface area contributed by atoms with Crippen LogP contribution < -0.4 is 16.1 Å². The van der Waals surface area contributed by atoms with Gasteiger partial charge in [-0.25, -0.2) is 9.18 Å². The number of aromatic nitrogens is 3. The molecule has 30 heavy (non-hydrogen) atoms. The third-order valence-electron chi connectivity index (χ3n) is 5.14. The maximum Gasteiger partial charge on any atom is 0.351 e. The van der Waals surface area contributed by atoms with E-state index in [0.29, 0.717) is 31.9 Å². The first kappa shape index (κ1) is 19.6. The second-order valence-electron chi connectivity index (χ2n) is 7.00. The van der Waals surface area contributed by atoms with E-state index in [-0.39, 0.29) is 11.5 Å². The summed E-state index contributed by atoms with van der Waals surface area (Å²) in [6.45, 7) is 1.84. The van der Waals surface area contributed by atoms with E-state index in [1.165, 1.54) is 19.2 Å². The molecule has 1 aliphatic heterocycles. The van der Waals surface area contributed by atoms with Crippen LogP contribution in [0.5, 0.6) is 0 Å². The van der Waals surface area contributed by atoms with Gasteiger partial charge in [0.2, 0.25) is 5.69 Å². The maximum atomic E-state index is 13.1. The summed E-state index contributed by atoms with van der Waals surface area (Å²) in [5.41, 5.74) is -0.304. The highest BCUT2D eigenvalue weighted by Gasteiger charge is 2.27. The Kier molecular flexibility index (Phi) is 5.18. The molecule has 0 N–H and O–H groups in total. The Morgan fingerprint density at radius 2 is 1.53 bits per heavy atom. The molecule has 2 aromatic carbocycles. The van der Waals surface area contributed by atoms with Crippen molar-refractivity contribution in [2.75, 3.05) is 31.1 Å². The van der Waals surface area contributed by atoms with Gasteiger partial charge in [0.1, 0.15) is 5.82 Å².